The molecule has 4 nitrogen and oxygen atoms in total. The molecule has 4 heteroatoms. The Kier molecular flexibility index (Phi) is 5.77. The molecular formula is C12H22O4. The summed E-state index contributed by atoms with van der Waals surface area (Å²) >= 11 is 0. The third-order valence-corrected chi connectivity index (χ3v) is 2.95. The first-order valence-corrected chi connectivity index (χ1v) is 6.15. The number of aliphatic hydroxyl groups is 2. The predicted octanol–water partition coefficient (Wildman–Crippen LogP) is 1.38. The highest BCUT2D eigenvalue weighted by Gasteiger charge is 2.32. The van der Waals surface area contributed by atoms with Gasteiger partial charge in [0.2, 0.25) is 0 Å². The Morgan fingerprint density at radius 1 is 1.38 bits per heavy atom. The standard InChI is InChI=1S/C12H22O4/c1-9(13)6-4-2-3-5-7-11-10(14)8-12(15)16-11/h9-11,13-14H,2-8H2,1H3/t9-,10-,11+/m1/s1. The molecule has 0 amide bonds. The number of rotatable bonds is 7. The van der Waals surface area contributed by atoms with Gasteiger partial charge in [0, 0.05) is 0 Å². The lowest BCUT2D eigenvalue weighted by molar-refractivity contribution is -0.142. The number of ether oxygens (including phenoxy) is 1. The van der Waals surface area contributed by atoms with E-state index < -0.39 is 6.10 Å². The first-order chi connectivity index (χ1) is 7.59. The Bertz CT molecular complexity index is 215. The van der Waals surface area contributed by atoms with E-state index in [4.69, 9.17) is 9.84 Å². The van der Waals surface area contributed by atoms with Crippen LogP contribution in [-0.4, -0.2) is 34.5 Å². The quantitative estimate of drug-likeness (QED) is 0.512. The van der Waals surface area contributed by atoms with Gasteiger partial charge in [-0.05, 0) is 26.2 Å². The highest BCUT2D eigenvalue weighted by Crippen LogP contribution is 2.20. The zero-order chi connectivity index (χ0) is 12.0. The molecule has 0 radical (unpaired) electrons. The van der Waals surface area contributed by atoms with Gasteiger partial charge in [-0.1, -0.05) is 19.3 Å². The van der Waals surface area contributed by atoms with Crippen LogP contribution in [0.1, 0.15) is 51.9 Å². The molecule has 1 fully saturated rings. The largest absolute Gasteiger partial charge is 0.460 e. The molecule has 0 aliphatic carbocycles. The maximum atomic E-state index is 10.9. The number of hydrogen-bond donors (Lipinski definition) is 2. The number of carbonyl (C=O) groups excluding carboxylic acids is 1. The Labute approximate surface area is 96.6 Å². The molecule has 1 aliphatic heterocycles. The van der Waals surface area contributed by atoms with E-state index in [1.54, 1.807) is 6.92 Å². The van der Waals surface area contributed by atoms with Crippen molar-refractivity contribution in [1.82, 2.24) is 0 Å². The Hall–Kier alpha value is -0.610. The Balaban J connectivity index is 1.97. The van der Waals surface area contributed by atoms with Crippen LogP contribution in [0.2, 0.25) is 0 Å². The van der Waals surface area contributed by atoms with Gasteiger partial charge in [-0.15, -0.1) is 0 Å². The molecule has 0 aromatic rings. The maximum Gasteiger partial charge on any atom is 0.308 e. The molecule has 1 aliphatic rings. The molecule has 0 bridgehead atoms. The van der Waals surface area contributed by atoms with E-state index in [0.29, 0.717) is 0 Å². The minimum atomic E-state index is -0.607. The van der Waals surface area contributed by atoms with Gasteiger partial charge in [0.1, 0.15) is 12.2 Å². The molecule has 0 spiro atoms. The second-order valence-electron chi connectivity index (χ2n) is 4.64. The van der Waals surface area contributed by atoms with Crippen LogP contribution in [0.15, 0.2) is 0 Å². The van der Waals surface area contributed by atoms with Crippen molar-refractivity contribution in [3.8, 4) is 0 Å². The van der Waals surface area contributed by atoms with E-state index in [1.165, 1.54) is 0 Å². The van der Waals surface area contributed by atoms with Crippen molar-refractivity contribution in [2.45, 2.75) is 70.2 Å². The van der Waals surface area contributed by atoms with Crippen LogP contribution in [0.5, 0.6) is 0 Å². The van der Waals surface area contributed by atoms with Crippen molar-refractivity contribution in [1.29, 1.82) is 0 Å². The van der Waals surface area contributed by atoms with Gasteiger partial charge in [-0.2, -0.15) is 0 Å². The monoisotopic (exact) mass is 230 g/mol. The van der Waals surface area contributed by atoms with Gasteiger partial charge in [0.05, 0.1) is 12.5 Å². The normalized spacial score (nSPS) is 26.8. The first-order valence-electron chi connectivity index (χ1n) is 6.15. The smallest absolute Gasteiger partial charge is 0.308 e. The van der Waals surface area contributed by atoms with Crippen LogP contribution < -0.4 is 0 Å². The summed E-state index contributed by atoms with van der Waals surface area (Å²) < 4.78 is 4.99. The van der Waals surface area contributed by atoms with Crippen molar-refractivity contribution in [2.24, 2.45) is 0 Å². The van der Waals surface area contributed by atoms with E-state index in [0.717, 1.165) is 38.5 Å². The van der Waals surface area contributed by atoms with Gasteiger partial charge < -0.3 is 14.9 Å². The number of aliphatic hydroxyl groups excluding tert-OH is 2. The molecule has 94 valence electrons. The Morgan fingerprint density at radius 2 is 2.06 bits per heavy atom. The van der Waals surface area contributed by atoms with Crippen LogP contribution in [0, 0.1) is 0 Å². The van der Waals surface area contributed by atoms with Crippen LogP contribution in [-0.2, 0) is 9.53 Å². The molecule has 0 aromatic heterocycles. The van der Waals surface area contributed by atoms with Gasteiger partial charge in [-0.25, -0.2) is 0 Å². The molecule has 0 aromatic carbocycles. The fraction of sp³-hybridized carbons (Fsp3) is 0.917. The summed E-state index contributed by atoms with van der Waals surface area (Å²) in [5.74, 6) is -0.286. The van der Waals surface area contributed by atoms with Crippen LogP contribution in [0.4, 0.5) is 0 Å². The maximum absolute atomic E-state index is 10.9. The van der Waals surface area contributed by atoms with Crippen LogP contribution in [0.3, 0.4) is 0 Å². The fourth-order valence-corrected chi connectivity index (χ4v) is 1.99. The first kappa shape index (κ1) is 13.5. The highest BCUT2D eigenvalue weighted by atomic mass is 16.6. The van der Waals surface area contributed by atoms with Crippen molar-refractivity contribution in [2.75, 3.05) is 0 Å². The van der Waals surface area contributed by atoms with Crippen molar-refractivity contribution in [3.05, 3.63) is 0 Å². The van der Waals surface area contributed by atoms with Gasteiger partial charge >= 0.3 is 5.97 Å². The summed E-state index contributed by atoms with van der Waals surface area (Å²) in [7, 11) is 0. The average Bonchev–Trinajstić information content (AvgIpc) is 2.50. The molecule has 0 saturated carbocycles. The van der Waals surface area contributed by atoms with Crippen molar-refractivity contribution >= 4 is 5.97 Å². The molecule has 3 atom stereocenters. The molecule has 2 N–H and O–H groups in total. The fourth-order valence-electron chi connectivity index (χ4n) is 1.99. The minimum Gasteiger partial charge on any atom is -0.460 e. The third-order valence-electron chi connectivity index (χ3n) is 2.95. The molecule has 1 saturated heterocycles. The number of cyclic esters (lactones) is 1. The highest BCUT2D eigenvalue weighted by molar-refractivity contribution is 5.72. The summed E-state index contributed by atoms with van der Waals surface area (Å²) in [5.41, 5.74) is 0. The number of unbranched alkanes of at least 4 members (excludes halogenated alkanes) is 3. The zero-order valence-electron chi connectivity index (χ0n) is 9.89. The minimum absolute atomic E-state index is 0.146. The zero-order valence-corrected chi connectivity index (χ0v) is 9.89. The second-order valence-corrected chi connectivity index (χ2v) is 4.64. The lowest BCUT2D eigenvalue weighted by Gasteiger charge is -2.12. The van der Waals surface area contributed by atoms with Crippen LogP contribution in [0.25, 0.3) is 0 Å². The lowest BCUT2D eigenvalue weighted by Crippen LogP contribution is -2.20. The predicted molar refractivity (Wildman–Crippen MR) is 59.9 cm³/mol. The molecule has 0 unspecified atom stereocenters. The Morgan fingerprint density at radius 3 is 2.62 bits per heavy atom. The van der Waals surface area contributed by atoms with E-state index in [9.17, 15) is 9.90 Å². The summed E-state index contributed by atoms with van der Waals surface area (Å²) in [6, 6.07) is 0. The molecule has 1 heterocycles. The summed E-state index contributed by atoms with van der Waals surface area (Å²) in [6.45, 7) is 1.80. The van der Waals surface area contributed by atoms with Crippen LogP contribution >= 0.6 is 0 Å². The molecule has 1 rings (SSSR count). The lowest BCUT2D eigenvalue weighted by atomic mass is 10.0. The summed E-state index contributed by atoms with van der Waals surface area (Å²) in [5, 5.41) is 18.5. The van der Waals surface area contributed by atoms with Crippen molar-refractivity contribution in [3.63, 3.8) is 0 Å². The average molecular weight is 230 g/mol. The van der Waals surface area contributed by atoms with E-state index in [-0.39, 0.29) is 24.6 Å². The summed E-state index contributed by atoms with van der Waals surface area (Å²) in [4.78, 5) is 10.9. The number of hydrogen-bond acceptors (Lipinski definition) is 4. The summed E-state index contributed by atoms with van der Waals surface area (Å²) in [6.07, 6.45) is 4.79. The van der Waals surface area contributed by atoms with Gasteiger partial charge in [-0.3, -0.25) is 4.79 Å². The van der Waals surface area contributed by atoms with E-state index >= 15 is 0 Å². The number of esters is 1. The van der Waals surface area contributed by atoms with Gasteiger partial charge in [0.15, 0.2) is 0 Å². The van der Waals surface area contributed by atoms with E-state index in [2.05, 4.69) is 0 Å². The molecule has 16 heavy (non-hydrogen) atoms. The van der Waals surface area contributed by atoms with E-state index in [1.807, 2.05) is 0 Å². The number of carbonyl (C=O) groups is 1. The van der Waals surface area contributed by atoms with Gasteiger partial charge in [0.25, 0.3) is 0 Å². The SMILES string of the molecule is C[C@@H](O)CCCCCC[C@@H]1OC(=O)C[C@H]1O. The molecular weight excluding hydrogens is 208 g/mol. The van der Waals surface area contributed by atoms with Crippen molar-refractivity contribution < 1.29 is 19.7 Å². The topological polar surface area (TPSA) is 66.8 Å². The third kappa shape index (κ3) is 4.94. The second kappa shape index (κ2) is 6.86.